The molecule has 128 valence electrons. The van der Waals surface area contributed by atoms with E-state index in [1.54, 1.807) is 25.2 Å². The molecule has 0 aliphatic heterocycles. The van der Waals surface area contributed by atoms with Crippen molar-refractivity contribution in [2.75, 3.05) is 14.1 Å². The minimum atomic E-state index is -0.851. The summed E-state index contributed by atoms with van der Waals surface area (Å²) in [4.78, 5) is 12.5. The van der Waals surface area contributed by atoms with Crippen molar-refractivity contribution in [3.05, 3.63) is 70.8 Å². The number of hydrogen-bond acceptors (Lipinski definition) is 3. The molecule has 24 heavy (non-hydrogen) atoms. The number of nitrogens with one attached hydrogen (secondary N) is 1. The molecule has 0 radical (unpaired) electrons. The Hall–Kier alpha value is -2.17. The summed E-state index contributed by atoms with van der Waals surface area (Å²) < 4.78 is 0. The number of benzene rings is 2. The molecule has 0 aromatic heterocycles. The topological polar surface area (TPSA) is 52.6 Å². The maximum Gasteiger partial charge on any atom is 0.265 e. The third-order valence-electron chi connectivity index (χ3n) is 3.90. The largest absolute Gasteiger partial charge is 0.384 e. The van der Waals surface area contributed by atoms with Crippen LogP contribution >= 0.6 is 0 Å². The van der Waals surface area contributed by atoms with Crippen LogP contribution < -0.4 is 5.43 Å². The van der Waals surface area contributed by atoms with Crippen LogP contribution in [0.3, 0.4) is 0 Å². The Balaban J connectivity index is 2.53. The molecule has 0 fully saturated rings. The van der Waals surface area contributed by atoms with E-state index in [4.69, 9.17) is 0 Å². The van der Waals surface area contributed by atoms with E-state index >= 15 is 0 Å². The Morgan fingerprint density at radius 2 is 1.71 bits per heavy atom. The summed E-state index contributed by atoms with van der Waals surface area (Å²) in [6.07, 6.45) is -0.851. The molecule has 0 saturated heterocycles. The van der Waals surface area contributed by atoms with Gasteiger partial charge in [-0.15, -0.1) is 0 Å². The van der Waals surface area contributed by atoms with Crippen molar-refractivity contribution in [2.45, 2.75) is 32.3 Å². The van der Waals surface area contributed by atoms with Crippen LogP contribution in [0.15, 0.2) is 48.5 Å². The molecule has 0 heterocycles. The lowest BCUT2D eigenvalue weighted by atomic mass is 9.83. The second-order valence-corrected chi connectivity index (χ2v) is 7.20. The fourth-order valence-electron chi connectivity index (χ4n) is 2.54. The first-order valence-corrected chi connectivity index (χ1v) is 8.06. The average molecular weight is 326 g/mol. The predicted octanol–water partition coefficient (Wildman–Crippen LogP) is 3.27. The molecule has 1 atom stereocenters. The highest BCUT2D eigenvalue weighted by atomic mass is 16.3. The van der Waals surface area contributed by atoms with E-state index in [9.17, 15) is 9.90 Å². The van der Waals surface area contributed by atoms with Crippen LogP contribution in [0.4, 0.5) is 0 Å². The number of rotatable bonds is 4. The highest BCUT2D eigenvalue weighted by molar-refractivity contribution is 5.95. The lowest BCUT2D eigenvalue weighted by Crippen LogP contribution is -2.36. The molecule has 2 aromatic rings. The zero-order valence-corrected chi connectivity index (χ0v) is 15.0. The van der Waals surface area contributed by atoms with Gasteiger partial charge in [-0.2, -0.15) is 0 Å². The fourth-order valence-corrected chi connectivity index (χ4v) is 2.54. The summed E-state index contributed by atoms with van der Waals surface area (Å²) in [6, 6.07) is 15.1. The van der Waals surface area contributed by atoms with Gasteiger partial charge in [0.1, 0.15) is 6.10 Å². The van der Waals surface area contributed by atoms with Crippen molar-refractivity contribution in [2.24, 2.45) is 0 Å². The summed E-state index contributed by atoms with van der Waals surface area (Å²) in [5, 5.41) is 12.4. The van der Waals surface area contributed by atoms with Crippen LogP contribution in [0.1, 0.15) is 53.9 Å². The Bertz CT molecular complexity index is 703. The van der Waals surface area contributed by atoms with Crippen molar-refractivity contribution in [3.63, 3.8) is 0 Å². The van der Waals surface area contributed by atoms with Gasteiger partial charge in [-0.05, 0) is 28.2 Å². The van der Waals surface area contributed by atoms with Gasteiger partial charge in [-0.25, -0.2) is 5.01 Å². The molecule has 0 aliphatic rings. The molecule has 1 amide bonds. The summed E-state index contributed by atoms with van der Waals surface area (Å²) in [7, 11) is 3.52. The van der Waals surface area contributed by atoms with Gasteiger partial charge in [0.05, 0.1) is 0 Å². The number of carbonyl (C=O) groups excluding carboxylic acids is 1. The van der Waals surface area contributed by atoms with Gasteiger partial charge in [0.15, 0.2) is 0 Å². The Morgan fingerprint density at radius 3 is 2.25 bits per heavy atom. The summed E-state index contributed by atoms with van der Waals surface area (Å²) in [5.41, 5.74) is 5.62. The number of aliphatic hydroxyl groups excluding tert-OH is 1. The van der Waals surface area contributed by atoms with Gasteiger partial charge < -0.3 is 5.11 Å². The maximum atomic E-state index is 12.5. The molecule has 0 spiro atoms. The molecule has 0 saturated carbocycles. The standard InChI is InChI=1S/C20H26N2O2/c1-20(2,3)15-11-12-16(19(24)21-22(4)5)17(13-15)18(23)14-9-7-6-8-10-14/h6-13,18,23H,1-5H3,(H,21,24). The number of hydrazine groups is 1. The van der Waals surface area contributed by atoms with Crippen molar-refractivity contribution in [3.8, 4) is 0 Å². The fraction of sp³-hybridized carbons (Fsp3) is 0.350. The number of nitrogens with zero attached hydrogens (tertiary/aromatic N) is 1. The molecule has 2 N–H and O–H groups in total. The number of carbonyl (C=O) groups is 1. The van der Waals surface area contributed by atoms with Gasteiger partial charge in [-0.3, -0.25) is 10.2 Å². The van der Waals surface area contributed by atoms with E-state index in [2.05, 4.69) is 26.2 Å². The molecular weight excluding hydrogens is 300 g/mol. The summed E-state index contributed by atoms with van der Waals surface area (Å²) >= 11 is 0. The lowest BCUT2D eigenvalue weighted by Gasteiger charge is -2.24. The van der Waals surface area contributed by atoms with Crippen LogP contribution in [0, 0.1) is 0 Å². The average Bonchev–Trinajstić information content (AvgIpc) is 2.53. The van der Waals surface area contributed by atoms with E-state index in [1.165, 1.54) is 0 Å². The van der Waals surface area contributed by atoms with Crippen LogP contribution in [0.2, 0.25) is 0 Å². The smallest absolute Gasteiger partial charge is 0.265 e. The minimum absolute atomic E-state index is 0.0677. The van der Waals surface area contributed by atoms with Gasteiger partial charge in [0.25, 0.3) is 5.91 Å². The number of aliphatic hydroxyl groups is 1. The van der Waals surface area contributed by atoms with E-state index in [0.717, 1.165) is 11.1 Å². The second kappa shape index (κ2) is 7.16. The first-order chi connectivity index (χ1) is 11.2. The Labute approximate surface area is 144 Å². The highest BCUT2D eigenvalue weighted by Gasteiger charge is 2.23. The molecule has 2 rings (SSSR count). The molecular formula is C20H26N2O2. The van der Waals surface area contributed by atoms with Crippen molar-refractivity contribution in [1.82, 2.24) is 10.4 Å². The molecule has 4 heteroatoms. The van der Waals surface area contributed by atoms with Crippen LogP contribution in [-0.2, 0) is 5.41 Å². The SMILES string of the molecule is CN(C)NC(=O)c1ccc(C(C)(C)C)cc1C(O)c1ccccc1. The van der Waals surface area contributed by atoms with E-state index in [-0.39, 0.29) is 11.3 Å². The van der Waals surface area contributed by atoms with Crippen LogP contribution in [0.25, 0.3) is 0 Å². The highest BCUT2D eigenvalue weighted by Crippen LogP contribution is 2.30. The van der Waals surface area contributed by atoms with E-state index in [0.29, 0.717) is 11.1 Å². The van der Waals surface area contributed by atoms with Crippen LogP contribution in [-0.4, -0.2) is 30.1 Å². The third kappa shape index (κ3) is 4.22. The van der Waals surface area contributed by atoms with E-state index in [1.807, 2.05) is 42.5 Å². The summed E-state index contributed by atoms with van der Waals surface area (Å²) in [6.45, 7) is 6.34. The molecule has 4 nitrogen and oxygen atoms in total. The molecule has 0 aliphatic carbocycles. The lowest BCUT2D eigenvalue weighted by molar-refractivity contribution is 0.0851. The van der Waals surface area contributed by atoms with E-state index < -0.39 is 6.10 Å². The normalized spacial score (nSPS) is 13.0. The quantitative estimate of drug-likeness (QED) is 0.848. The first-order valence-electron chi connectivity index (χ1n) is 8.06. The van der Waals surface area contributed by atoms with Crippen molar-refractivity contribution >= 4 is 5.91 Å². The first kappa shape index (κ1) is 18.2. The minimum Gasteiger partial charge on any atom is -0.384 e. The van der Waals surface area contributed by atoms with Gasteiger partial charge in [-0.1, -0.05) is 63.2 Å². The zero-order chi connectivity index (χ0) is 17.9. The van der Waals surface area contributed by atoms with Crippen molar-refractivity contribution in [1.29, 1.82) is 0 Å². The summed E-state index contributed by atoms with van der Waals surface area (Å²) in [5.74, 6) is -0.231. The number of amides is 1. The third-order valence-corrected chi connectivity index (χ3v) is 3.90. The monoisotopic (exact) mass is 326 g/mol. The van der Waals surface area contributed by atoms with Gasteiger partial charge >= 0.3 is 0 Å². The number of hydrogen-bond donors (Lipinski definition) is 2. The van der Waals surface area contributed by atoms with Crippen molar-refractivity contribution < 1.29 is 9.90 Å². The maximum absolute atomic E-state index is 12.5. The van der Waals surface area contributed by atoms with Crippen LogP contribution in [0.5, 0.6) is 0 Å². The Morgan fingerprint density at radius 1 is 1.08 bits per heavy atom. The molecule has 1 unspecified atom stereocenters. The van der Waals surface area contributed by atoms with Gasteiger partial charge in [0, 0.05) is 19.7 Å². The zero-order valence-electron chi connectivity index (χ0n) is 15.0. The molecule has 0 bridgehead atoms. The molecule has 2 aromatic carbocycles. The van der Waals surface area contributed by atoms with Gasteiger partial charge in [0.2, 0.25) is 0 Å². The Kier molecular flexibility index (Phi) is 5.42. The second-order valence-electron chi connectivity index (χ2n) is 7.20. The predicted molar refractivity (Wildman–Crippen MR) is 96.8 cm³/mol.